The van der Waals surface area contributed by atoms with Gasteiger partial charge in [0, 0.05) is 13.1 Å². The Kier molecular flexibility index (Phi) is 9.86. The topological polar surface area (TPSA) is 109 Å². The van der Waals surface area contributed by atoms with Gasteiger partial charge < -0.3 is 4.90 Å². The second-order valence-corrected chi connectivity index (χ2v) is 13.0. The number of nitrogens with zero attached hydrogens (tertiary/aromatic N) is 5. The summed E-state index contributed by atoms with van der Waals surface area (Å²) in [6.07, 6.45) is 1.40. The number of likely N-dealkylation sites (N-methyl/N-ethyl adjacent to an activating group) is 1. The molecule has 1 aliphatic rings. The normalized spacial score (nSPS) is 13.7. The summed E-state index contributed by atoms with van der Waals surface area (Å²) < 4.78 is 11.1. The molecule has 39 heavy (non-hydrogen) atoms. The summed E-state index contributed by atoms with van der Waals surface area (Å²) in [6.45, 7) is 7.28. The number of amides is 1. The standard InChI is InChI=1S/C18H24N7O.C8H7Cl2O2.Sn/c1-3-24-6-8-25(9-7-24)14-4-5-16(15(19)10-14)22-17-11-18(21-12-20-17)23(2)13-26;1-11-7-4-8(12-2)6(10)3-5(7)9;/h4-5,10-12H,3,6-9,19H2,1-2H3,(H,20,21,22);4H,1-2H3;. The van der Waals surface area contributed by atoms with Crippen LogP contribution in [0.4, 0.5) is 33.5 Å². The van der Waals surface area contributed by atoms with Crippen LogP contribution in [-0.4, -0.2) is 93.9 Å². The van der Waals surface area contributed by atoms with E-state index in [2.05, 4.69) is 38.1 Å². The Morgan fingerprint density at radius 1 is 1.08 bits per heavy atom. The molecule has 4 rings (SSSR count). The fourth-order valence-electron chi connectivity index (χ4n) is 4.21. The second kappa shape index (κ2) is 13.1. The third-order valence-electron chi connectivity index (χ3n) is 6.59. The molecular formula is C26H31Cl2N7O3Sn. The quantitative estimate of drug-likeness (QED) is 0.258. The number of hydrogen-bond acceptors (Lipinski definition) is 9. The molecule has 2 aromatic carbocycles. The number of halogens is 2. The third-order valence-corrected chi connectivity index (χ3v) is 12.0. The van der Waals surface area contributed by atoms with Crippen molar-refractivity contribution in [2.75, 3.05) is 74.8 Å². The van der Waals surface area contributed by atoms with Gasteiger partial charge in [0.2, 0.25) is 0 Å². The number of nitrogens with one attached hydrogen (secondary N) is 1. The van der Waals surface area contributed by atoms with E-state index in [0.717, 1.165) is 44.1 Å². The zero-order chi connectivity index (χ0) is 28.1. The molecule has 206 valence electrons. The van der Waals surface area contributed by atoms with Gasteiger partial charge in [-0.05, 0) is 6.54 Å². The molecule has 1 amide bonds. The van der Waals surface area contributed by atoms with Crippen molar-refractivity contribution in [3.8, 4) is 11.5 Å². The molecule has 0 aliphatic carbocycles. The number of benzene rings is 2. The van der Waals surface area contributed by atoms with Gasteiger partial charge >= 0.3 is 218 Å². The van der Waals surface area contributed by atoms with Gasteiger partial charge in [-0.25, -0.2) is 0 Å². The smallest absolute Gasteiger partial charge is 0.0158 e. The zero-order valence-corrected chi connectivity index (χ0v) is 26.7. The number of hydrogen-bond donors (Lipinski definition) is 2. The Labute approximate surface area is 248 Å². The first-order valence-electron chi connectivity index (χ1n) is 12.4. The van der Waals surface area contributed by atoms with Crippen molar-refractivity contribution in [3.05, 3.63) is 46.7 Å². The molecule has 0 atom stereocenters. The fraction of sp³-hybridized carbons (Fsp3) is 0.346. The molecule has 0 spiro atoms. The summed E-state index contributed by atoms with van der Waals surface area (Å²) in [5.74, 6) is 1.76. The number of nitrogen functional groups attached to an aromatic ring is 1. The van der Waals surface area contributed by atoms with Crippen LogP contribution >= 0.6 is 23.2 Å². The van der Waals surface area contributed by atoms with Crippen LogP contribution in [0.5, 0.6) is 11.5 Å². The molecule has 0 bridgehead atoms. The van der Waals surface area contributed by atoms with Crippen LogP contribution < -0.4 is 33.9 Å². The molecule has 1 aliphatic heterocycles. The van der Waals surface area contributed by atoms with Crippen molar-refractivity contribution in [2.45, 2.75) is 6.92 Å². The number of rotatable bonds is 9. The molecule has 3 N–H and O–H groups in total. The van der Waals surface area contributed by atoms with E-state index in [4.69, 9.17) is 38.4 Å². The van der Waals surface area contributed by atoms with E-state index >= 15 is 0 Å². The molecule has 0 unspecified atom stereocenters. The molecule has 2 radical (unpaired) electrons. The maximum atomic E-state index is 13.3. The summed E-state index contributed by atoms with van der Waals surface area (Å²) >= 11 is 11.0. The molecule has 1 aromatic heterocycles. The Balaban J connectivity index is 1.47. The average Bonchev–Trinajstić information content (AvgIpc) is 2.96. The Morgan fingerprint density at radius 3 is 2.33 bits per heavy atom. The molecular weight excluding hydrogens is 648 g/mol. The summed E-state index contributed by atoms with van der Waals surface area (Å²) in [4.78, 5) is 28.1. The summed E-state index contributed by atoms with van der Waals surface area (Å²) in [6, 6.07) is 9.28. The van der Waals surface area contributed by atoms with Crippen molar-refractivity contribution in [1.29, 1.82) is 0 Å². The number of carbonyl (C=O) groups is 1. The number of ether oxygens (including phenoxy) is 2. The molecule has 2 heterocycles. The van der Waals surface area contributed by atoms with E-state index in [0.29, 0.717) is 42.4 Å². The van der Waals surface area contributed by atoms with Gasteiger partial charge in [0.25, 0.3) is 0 Å². The van der Waals surface area contributed by atoms with Crippen LogP contribution in [0.2, 0.25) is 10.0 Å². The predicted octanol–water partition coefficient (Wildman–Crippen LogP) is 3.85. The van der Waals surface area contributed by atoms with Crippen LogP contribution in [0, 0.1) is 0 Å². The minimum absolute atomic E-state index is 0.116. The van der Waals surface area contributed by atoms with Crippen molar-refractivity contribution in [3.63, 3.8) is 0 Å². The molecule has 1 fully saturated rings. The number of piperazine rings is 1. The van der Waals surface area contributed by atoms with Crippen LogP contribution in [-0.2, 0) is 0 Å². The monoisotopic (exact) mass is 679 g/mol. The Morgan fingerprint density at radius 2 is 1.74 bits per heavy atom. The van der Waals surface area contributed by atoms with E-state index in [1.54, 1.807) is 19.2 Å². The van der Waals surface area contributed by atoms with E-state index in [1.807, 2.05) is 12.1 Å². The molecule has 10 nitrogen and oxygen atoms in total. The van der Waals surface area contributed by atoms with Crippen LogP contribution in [0.15, 0.2) is 36.7 Å². The number of methoxy groups -OCH3 is 2. The SMILES string of the molecule is CCN1CCN(c2ccc(Nc3cc(N(C)[C](=O)[Sn][c]4c(Cl)c(OC)cc(OC)c4Cl)ncn3)c(N)c2)CC1. The van der Waals surface area contributed by atoms with Gasteiger partial charge in [0.1, 0.15) is 0 Å². The van der Waals surface area contributed by atoms with Gasteiger partial charge in [-0.3, -0.25) is 0 Å². The number of anilines is 5. The number of carbonyl (C=O) groups excluding carboxylic acids is 1. The first kappa shape index (κ1) is 29.3. The van der Waals surface area contributed by atoms with Gasteiger partial charge in [0.15, 0.2) is 0 Å². The summed E-state index contributed by atoms with van der Waals surface area (Å²) in [7, 11) is 4.66. The van der Waals surface area contributed by atoms with Gasteiger partial charge in [-0.15, -0.1) is 0 Å². The van der Waals surface area contributed by atoms with Gasteiger partial charge in [0.05, 0.1) is 0 Å². The summed E-state index contributed by atoms with van der Waals surface area (Å²) in [5.41, 5.74) is 8.82. The van der Waals surface area contributed by atoms with Crippen LogP contribution in [0.25, 0.3) is 0 Å². The van der Waals surface area contributed by atoms with Gasteiger partial charge in [-0.1, -0.05) is 6.92 Å². The van der Waals surface area contributed by atoms with Crippen LogP contribution in [0.1, 0.15) is 6.92 Å². The van der Waals surface area contributed by atoms with Crippen LogP contribution in [0.3, 0.4) is 0 Å². The van der Waals surface area contributed by atoms with Crippen molar-refractivity contribution >= 4 is 80.5 Å². The molecule has 1 saturated heterocycles. The number of aromatic nitrogens is 2. The Hall–Kier alpha value is -2.67. The van der Waals surface area contributed by atoms with Crippen molar-refractivity contribution < 1.29 is 14.3 Å². The molecule has 3 aromatic rings. The molecule has 13 heteroatoms. The van der Waals surface area contributed by atoms with Crippen molar-refractivity contribution in [2.24, 2.45) is 0 Å². The third kappa shape index (κ3) is 6.74. The fourth-order valence-corrected chi connectivity index (χ4v) is 8.09. The second-order valence-electron chi connectivity index (χ2n) is 8.85. The van der Waals surface area contributed by atoms with Gasteiger partial charge in [-0.2, -0.15) is 0 Å². The maximum absolute atomic E-state index is 13.3. The average molecular weight is 679 g/mol. The first-order valence-corrected chi connectivity index (χ1v) is 16.0. The zero-order valence-electron chi connectivity index (χ0n) is 22.3. The van der Waals surface area contributed by atoms with E-state index < -0.39 is 21.1 Å². The minimum atomic E-state index is -1.99. The van der Waals surface area contributed by atoms with Crippen molar-refractivity contribution in [1.82, 2.24) is 14.9 Å². The molecule has 0 saturated carbocycles. The van der Waals surface area contributed by atoms with E-state index in [9.17, 15) is 4.79 Å². The summed E-state index contributed by atoms with van der Waals surface area (Å²) in [5, 5.41) is 3.90. The minimum Gasteiger partial charge on any atom is 0.0158 e. The predicted molar refractivity (Wildman–Crippen MR) is 159 cm³/mol. The Bertz CT molecular complexity index is 1310. The first-order chi connectivity index (χ1) is 18.7. The van der Waals surface area contributed by atoms with E-state index in [1.165, 1.54) is 25.4 Å². The number of nitrogens with two attached hydrogens (primary N) is 1. The van der Waals surface area contributed by atoms with E-state index in [-0.39, 0.29) is 3.92 Å².